The average molecular weight is 328 g/mol. The topological polar surface area (TPSA) is 75.5 Å². The van der Waals surface area contributed by atoms with Crippen LogP contribution in [0.15, 0.2) is 16.6 Å². The number of fused-ring (bicyclic) bond motifs is 1. The van der Waals surface area contributed by atoms with E-state index in [1.807, 2.05) is 5.38 Å². The van der Waals surface area contributed by atoms with Gasteiger partial charge in [0.2, 0.25) is 0 Å². The maximum Gasteiger partial charge on any atom is 0.260 e. The van der Waals surface area contributed by atoms with Gasteiger partial charge in [0.05, 0.1) is 0 Å². The molecule has 1 aliphatic rings. The van der Waals surface area contributed by atoms with Gasteiger partial charge in [-0.15, -0.1) is 11.3 Å². The summed E-state index contributed by atoms with van der Waals surface area (Å²) in [5.41, 5.74) is 0.130. The first-order valence-corrected chi connectivity index (χ1v) is 9.39. The Morgan fingerprint density at radius 2 is 2.19 bits per heavy atom. The van der Waals surface area contributed by atoms with Crippen LogP contribution in [0.25, 0.3) is 4.96 Å². The Kier molecular flexibility index (Phi) is 3.50. The Balaban J connectivity index is 1.91. The Hall–Kier alpha value is -1.12. The Morgan fingerprint density at radius 3 is 2.76 bits per heavy atom. The molecule has 2 N–H and O–H groups in total. The number of thiazole rings is 1. The highest BCUT2D eigenvalue weighted by atomic mass is 32.2. The first-order chi connectivity index (χ1) is 9.89. The summed E-state index contributed by atoms with van der Waals surface area (Å²) in [5.74, 6) is 0.874. The van der Waals surface area contributed by atoms with Gasteiger partial charge in [-0.2, -0.15) is 0 Å². The van der Waals surface area contributed by atoms with E-state index in [9.17, 15) is 8.42 Å². The van der Waals surface area contributed by atoms with Crippen LogP contribution in [0.3, 0.4) is 0 Å². The van der Waals surface area contributed by atoms with Crippen molar-refractivity contribution in [3.8, 4) is 0 Å². The summed E-state index contributed by atoms with van der Waals surface area (Å²) in [6.45, 7) is 4.79. The predicted molar refractivity (Wildman–Crippen MR) is 84.3 cm³/mol. The average Bonchev–Trinajstić information content (AvgIpc) is 2.95. The van der Waals surface area contributed by atoms with Crippen LogP contribution in [-0.4, -0.2) is 31.4 Å². The molecule has 0 aliphatic heterocycles. The van der Waals surface area contributed by atoms with Crippen molar-refractivity contribution in [1.29, 1.82) is 0 Å². The molecule has 2 aromatic heterocycles. The lowest BCUT2D eigenvalue weighted by Gasteiger charge is -2.20. The Morgan fingerprint density at radius 1 is 1.48 bits per heavy atom. The second-order valence-electron chi connectivity index (χ2n) is 5.91. The van der Waals surface area contributed by atoms with Gasteiger partial charge in [0.1, 0.15) is 0 Å². The van der Waals surface area contributed by atoms with Gasteiger partial charge in [-0.25, -0.2) is 18.1 Å². The zero-order chi connectivity index (χ0) is 15.3. The summed E-state index contributed by atoms with van der Waals surface area (Å²) in [7, 11) is -1.91. The number of aromatic nitrogens is 2. The standard InChI is InChI=1S/C13H20N4O2S2/c1-9(2)13(4-5-13)8-15-21(18,19)11-10(14-3)16-12-17(11)6-7-20-12/h6-7,9,14-15H,4-5,8H2,1-3H3. The summed E-state index contributed by atoms with van der Waals surface area (Å²) < 4.78 is 29.7. The molecule has 8 heteroatoms. The molecule has 0 amide bonds. The van der Waals surface area contributed by atoms with Crippen molar-refractivity contribution in [2.24, 2.45) is 11.3 Å². The molecule has 0 aromatic carbocycles. The summed E-state index contributed by atoms with van der Waals surface area (Å²) in [5, 5.41) is 4.89. The molecule has 21 heavy (non-hydrogen) atoms. The van der Waals surface area contributed by atoms with Crippen LogP contribution < -0.4 is 10.0 Å². The predicted octanol–water partition coefficient (Wildman–Crippen LogP) is 2.15. The van der Waals surface area contributed by atoms with Crippen molar-refractivity contribution in [1.82, 2.24) is 14.1 Å². The van der Waals surface area contributed by atoms with E-state index in [0.717, 1.165) is 12.8 Å². The third kappa shape index (κ3) is 2.45. The molecule has 3 rings (SSSR count). The van der Waals surface area contributed by atoms with Gasteiger partial charge in [0.25, 0.3) is 10.0 Å². The van der Waals surface area contributed by atoms with Gasteiger partial charge < -0.3 is 5.32 Å². The van der Waals surface area contributed by atoms with E-state index >= 15 is 0 Å². The van der Waals surface area contributed by atoms with Crippen LogP contribution in [0.4, 0.5) is 5.82 Å². The van der Waals surface area contributed by atoms with Crippen molar-refractivity contribution >= 4 is 32.1 Å². The molecule has 0 radical (unpaired) electrons. The summed E-state index contributed by atoms with van der Waals surface area (Å²) in [4.78, 5) is 4.97. The second-order valence-corrected chi connectivity index (χ2v) is 8.47. The second kappa shape index (κ2) is 4.96. The minimum absolute atomic E-state index is 0.130. The third-order valence-electron chi connectivity index (χ3n) is 4.44. The van der Waals surface area contributed by atoms with Gasteiger partial charge in [-0.1, -0.05) is 13.8 Å². The first-order valence-electron chi connectivity index (χ1n) is 7.02. The zero-order valence-electron chi connectivity index (χ0n) is 12.4. The highest BCUT2D eigenvalue weighted by Gasteiger charge is 2.46. The Bertz CT molecular complexity index is 756. The van der Waals surface area contributed by atoms with E-state index < -0.39 is 10.0 Å². The minimum Gasteiger partial charge on any atom is -0.371 e. The molecule has 0 saturated heterocycles. The number of imidazole rings is 1. The number of nitrogens with zero attached hydrogens (tertiary/aromatic N) is 2. The minimum atomic E-state index is -3.59. The van der Waals surface area contributed by atoms with Crippen molar-refractivity contribution < 1.29 is 8.42 Å². The van der Waals surface area contributed by atoms with Gasteiger partial charge in [0.15, 0.2) is 15.8 Å². The normalized spacial score (nSPS) is 17.5. The number of sulfonamides is 1. The number of anilines is 1. The smallest absolute Gasteiger partial charge is 0.260 e. The van der Waals surface area contributed by atoms with Crippen LogP contribution in [0.1, 0.15) is 26.7 Å². The van der Waals surface area contributed by atoms with E-state index in [4.69, 9.17) is 0 Å². The van der Waals surface area contributed by atoms with Gasteiger partial charge in [-0.3, -0.25) is 4.40 Å². The Labute approximate surface area is 128 Å². The molecule has 6 nitrogen and oxygen atoms in total. The molecular weight excluding hydrogens is 308 g/mol. The monoisotopic (exact) mass is 328 g/mol. The van der Waals surface area contributed by atoms with Crippen LogP contribution in [0.5, 0.6) is 0 Å². The van der Waals surface area contributed by atoms with Crippen LogP contribution >= 0.6 is 11.3 Å². The molecule has 2 aromatic rings. The lowest BCUT2D eigenvalue weighted by atomic mass is 9.93. The number of nitrogens with one attached hydrogen (secondary N) is 2. The van der Waals surface area contributed by atoms with Crippen molar-refractivity contribution in [3.05, 3.63) is 11.6 Å². The fourth-order valence-corrected chi connectivity index (χ4v) is 4.81. The molecule has 0 bridgehead atoms. The van der Waals surface area contributed by atoms with Gasteiger partial charge >= 0.3 is 0 Å². The number of hydrogen-bond donors (Lipinski definition) is 2. The van der Waals surface area contributed by atoms with E-state index in [2.05, 4.69) is 28.9 Å². The van der Waals surface area contributed by atoms with Gasteiger partial charge in [0, 0.05) is 25.2 Å². The zero-order valence-corrected chi connectivity index (χ0v) is 14.0. The summed E-state index contributed by atoms with van der Waals surface area (Å²) in [6, 6.07) is 0. The van der Waals surface area contributed by atoms with E-state index in [0.29, 0.717) is 23.2 Å². The molecule has 2 heterocycles. The fourth-order valence-electron chi connectivity index (χ4n) is 2.61. The highest BCUT2D eigenvalue weighted by molar-refractivity contribution is 7.89. The third-order valence-corrected chi connectivity index (χ3v) is 6.62. The highest BCUT2D eigenvalue weighted by Crippen LogP contribution is 2.51. The molecule has 0 unspecified atom stereocenters. The lowest BCUT2D eigenvalue weighted by Crippen LogP contribution is -2.33. The molecule has 1 fully saturated rings. The summed E-state index contributed by atoms with van der Waals surface area (Å²) in [6.07, 6.45) is 3.91. The molecule has 116 valence electrons. The van der Waals surface area contributed by atoms with Gasteiger partial charge in [-0.05, 0) is 24.2 Å². The van der Waals surface area contributed by atoms with Crippen molar-refractivity contribution in [3.63, 3.8) is 0 Å². The summed E-state index contributed by atoms with van der Waals surface area (Å²) >= 11 is 1.41. The fraction of sp³-hybridized carbons (Fsp3) is 0.615. The number of rotatable bonds is 6. The van der Waals surface area contributed by atoms with Crippen molar-refractivity contribution in [2.45, 2.75) is 31.7 Å². The van der Waals surface area contributed by atoms with Crippen molar-refractivity contribution in [2.75, 3.05) is 18.9 Å². The largest absolute Gasteiger partial charge is 0.371 e. The SMILES string of the molecule is CNc1nc2sccn2c1S(=O)(=O)NCC1(C(C)C)CC1. The molecule has 0 atom stereocenters. The van der Waals surface area contributed by atoms with E-state index in [1.54, 1.807) is 17.6 Å². The molecule has 1 aliphatic carbocycles. The lowest BCUT2D eigenvalue weighted by molar-refractivity contribution is 0.357. The molecule has 0 spiro atoms. The van der Waals surface area contributed by atoms with E-state index in [-0.39, 0.29) is 10.4 Å². The van der Waals surface area contributed by atoms with E-state index in [1.165, 1.54) is 11.3 Å². The quantitative estimate of drug-likeness (QED) is 0.852. The van der Waals surface area contributed by atoms with Crippen LogP contribution in [0, 0.1) is 11.3 Å². The maximum atomic E-state index is 12.7. The van der Waals surface area contributed by atoms with Crippen LogP contribution in [-0.2, 0) is 10.0 Å². The first kappa shape index (κ1) is 14.8. The molecular formula is C13H20N4O2S2. The van der Waals surface area contributed by atoms with Crippen LogP contribution in [0.2, 0.25) is 0 Å². The number of hydrogen-bond acceptors (Lipinski definition) is 5. The molecule has 1 saturated carbocycles. The maximum absolute atomic E-state index is 12.7.